The Morgan fingerprint density at radius 1 is 1.37 bits per heavy atom. The number of benzene rings is 1. The standard InChI is InChI=1S/C15H20N2O2/c1-11(2)8-16-10-15-17-9-14(19-15)12-5-4-6-13(7-12)18-3/h4-7,9,11,16H,8,10H2,1-3H3. The minimum absolute atomic E-state index is 0.618. The first-order valence-electron chi connectivity index (χ1n) is 6.49. The molecular weight excluding hydrogens is 240 g/mol. The number of aromatic nitrogens is 1. The Morgan fingerprint density at radius 3 is 2.95 bits per heavy atom. The molecule has 1 N–H and O–H groups in total. The molecule has 0 aliphatic rings. The molecule has 0 saturated carbocycles. The van der Waals surface area contributed by atoms with Crippen LogP contribution in [0, 0.1) is 5.92 Å². The lowest BCUT2D eigenvalue weighted by atomic mass is 10.2. The highest BCUT2D eigenvalue weighted by atomic mass is 16.5. The highest BCUT2D eigenvalue weighted by Gasteiger charge is 2.07. The summed E-state index contributed by atoms with van der Waals surface area (Å²) in [5.41, 5.74) is 0.974. The Labute approximate surface area is 113 Å². The van der Waals surface area contributed by atoms with E-state index in [9.17, 15) is 0 Å². The van der Waals surface area contributed by atoms with Gasteiger partial charge in [0.05, 0.1) is 19.9 Å². The van der Waals surface area contributed by atoms with Crippen molar-refractivity contribution in [1.82, 2.24) is 10.3 Å². The van der Waals surface area contributed by atoms with E-state index in [0.29, 0.717) is 18.4 Å². The number of nitrogens with zero attached hydrogens (tertiary/aromatic N) is 1. The van der Waals surface area contributed by atoms with Crippen LogP contribution < -0.4 is 10.1 Å². The number of nitrogens with one attached hydrogen (secondary N) is 1. The summed E-state index contributed by atoms with van der Waals surface area (Å²) >= 11 is 0. The van der Waals surface area contributed by atoms with Gasteiger partial charge in [-0.2, -0.15) is 0 Å². The van der Waals surface area contributed by atoms with Gasteiger partial charge in [-0.1, -0.05) is 26.0 Å². The molecule has 2 rings (SSSR count). The fourth-order valence-corrected chi connectivity index (χ4v) is 1.77. The zero-order valence-electron chi connectivity index (χ0n) is 11.6. The van der Waals surface area contributed by atoms with Gasteiger partial charge in [0, 0.05) is 5.56 Å². The van der Waals surface area contributed by atoms with E-state index in [4.69, 9.17) is 9.15 Å². The van der Waals surface area contributed by atoms with Crippen LogP contribution in [0.15, 0.2) is 34.9 Å². The fourth-order valence-electron chi connectivity index (χ4n) is 1.77. The second-order valence-electron chi connectivity index (χ2n) is 4.87. The van der Waals surface area contributed by atoms with Crippen LogP contribution in [0.4, 0.5) is 0 Å². The molecule has 0 unspecified atom stereocenters. The van der Waals surface area contributed by atoms with Gasteiger partial charge in [0.1, 0.15) is 5.75 Å². The molecule has 0 bridgehead atoms. The third kappa shape index (κ3) is 3.83. The van der Waals surface area contributed by atoms with E-state index < -0.39 is 0 Å². The summed E-state index contributed by atoms with van der Waals surface area (Å²) in [5.74, 6) is 2.90. The van der Waals surface area contributed by atoms with E-state index in [0.717, 1.165) is 23.6 Å². The number of hydrogen-bond acceptors (Lipinski definition) is 4. The molecule has 102 valence electrons. The minimum Gasteiger partial charge on any atom is -0.497 e. The third-order valence-corrected chi connectivity index (χ3v) is 2.74. The van der Waals surface area contributed by atoms with E-state index in [2.05, 4.69) is 24.1 Å². The summed E-state index contributed by atoms with van der Waals surface area (Å²) in [5, 5.41) is 3.31. The molecule has 0 aliphatic heterocycles. The third-order valence-electron chi connectivity index (χ3n) is 2.74. The van der Waals surface area contributed by atoms with Crippen molar-refractivity contribution in [3.8, 4) is 17.1 Å². The average molecular weight is 260 g/mol. The zero-order valence-corrected chi connectivity index (χ0v) is 11.6. The molecular formula is C15H20N2O2. The largest absolute Gasteiger partial charge is 0.497 e. The van der Waals surface area contributed by atoms with Crippen molar-refractivity contribution in [1.29, 1.82) is 0 Å². The maximum absolute atomic E-state index is 5.72. The first-order valence-corrected chi connectivity index (χ1v) is 6.49. The molecule has 1 aromatic heterocycles. The van der Waals surface area contributed by atoms with Crippen molar-refractivity contribution in [3.05, 3.63) is 36.4 Å². The summed E-state index contributed by atoms with van der Waals surface area (Å²) in [4.78, 5) is 4.27. The summed E-state index contributed by atoms with van der Waals surface area (Å²) < 4.78 is 10.9. The Morgan fingerprint density at radius 2 is 2.21 bits per heavy atom. The molecule has 19 heavy (non-hydrogen) atoms. The van der Waals surface area contributed by atoms with Gasteiger partial charge in [-0.15, -0.1) is 0 Å². The van der Waals surface area contributed by atoms with Gasteiger partial charge >= 0.3 is 0 Å². The number of oxazole rings is 1. The summed E-state index contributed by atoms with van der Waals surface area (Å²) in [7, 11) is 1.65. The molecule has 2 aromatic rings. The van der Waals surface area contributed by atoms with Crippen LogP contribution in [0.3, 0.4) is 0 Å². The van der Waals surface area contributed by atoms with Crippen molar-refractivity contribution < 1.29 is 9.15 Å². The summed E-state index contributed by atoms with van der Waals surface area (Å²) in [6.07, 6.45) is 1.75. The quantitative estimate of drug-likeness (QED) is 0.867. The van der Waals surface area contributed by atoms with Crippen LogP contribution in [-0.2, 0) is 6.54 Å². The number of methoxy groups -OCH3 is 1. The lowest BCUT2D eigenvalue weighted by molar-refractivity contribution is 0.414. The van der Waals surface area contributed by atoms with E-state index in [1.165, 1.54) is 0 Å². The molecule has 0 aliphatic carbocycles. The van der Waals surface area contributed by atoms with Crippen molar-refractivity contribution >= 4 is 0 Å². The molecule has 1 aromatic carbocycles. The molecule has 0 spiro atoms. The Balaban J connectivity index is 2.03. The Kier molecular flexibility index (Phi) is 4.58. The van der Waals surface area contributed by atoms with Gasteiger partial charge in [-0.05, 0) is 24.6 Å². The van der Waals surface area contributed by atoms with Crippen molar-refractivity contribution in [2.75, 3.05) is 13.7 Å². The van der Waals surface area contributed by atoms with E-state index >= 15 is 0 Å². The molecule has 0 saturated heterocycles. The first kappa shape index (κ1) is 13.6. The molecule has 4 heteroatoms. The predicted octanol–water partition coefficient (Wildman–Crippen LogP) is 3.10. The smallest absolute Gasteiger partial charge is 0.208 e. The second-order valence-corrected chi connectivity index (χ2v) is 4.87. The molecule has 0 radical (unpaired) electrons. The van der Waals surface area contributed by atoms with Crippen LogP contribution in [0.1, 0.15) is 19.7 Å². The lowest BCUT2D eigenvalue weighted by Crippen LogP contribution is -2.18. The molecule has 0 fully saturated rings. The number of rotatable bonds is 6. The van der Waals surface area contributed by atoms with Gasteiger partial charge in [-0.25, -0.2) is 4.98 Å². The normalized spacial score (nSPS) is 10.9. The summed E-state index contributed by atoms with van der Waals surface area (Å²) in [6.45, 7) is 5.95. The second kappa shape index (κ2) is 6.38. The number of hydrogen-bond donors (Lipinski definition) is 1. The van der Waals surface area contributed by atoms with Gasteiger partial charge < -0.3 is 14.5 Å². The van der Waals surface area contributed by atoms with Gasteiger partial charge in [0.15, 0.2) is 5.76 Å². The average Bonchev–Trinajstić information content (AvgIpc) is 2.87. The van der Waals surface area contributed by atoms with E-state index in [-0.39, 0.29) is 0 Å². The topological polar surface area (TPSA) is 47.3 Å². The molecule has 0 amide bonds. The highest BCUT2D eigenvalue weighted by Crippen LogP contribution is 2.24. The Hall–Kier alpha value is -1.81. The predicted molar refractivity (Wildman–Crippen MR) is 75.0 cm³/mol. The van der Waals surface area contributed by atoms with Crippen LogP contribution >= 0.6 is 0 Å². The van der Waals surface area contributed by atoms with E-state index in [1.807, 2.05) is 24.3 Å². The number of ether oxygens (including phenoxy) is 1. The Bertz CT molecular complexity index is 520. The van der Waals surface area contributed by atoms with E-state index in [1.54, 1.807) is 13.3 Å². The van der Waals surface area contributed by atoms with Crippen LogP contribution in [0.25, 0.3) is 11.3 Å². The van der Waals surface area contributed by atoms with Crippen LogP contribution in [0.2, 0.25) is 0 Å². The summed E-state index contributed by atoms with van der Waals surface area (Å²) in [6, 6.07) is 7.76. The van der Waals surface area contributed by atoms with Gasteiger partial charge in [0.25, 0.3) is 0 Å². The maximum atomic E-state index is 5.72. The molecule has 1 heterocycles. The van der Waals surface area contributed by atoms with Crippen LogP contribution in [0.5, 0.6) is 5.75 Å². The zero-order chi connectivity index (χ0) is 13.7. The van der Waals surface area contributed by atoms with Crippen molar-refractivity contribution in [3.63, 3.8) is 0 Å². The maximum Gasteiger partial charge on any atom is 0.208 e. The first-order chi connectivity index (χ1) is 9.19. The van der Waals surface area contributed by atoms with Gasteiger partial charge in [-0.3, -0.25) is 0 Å². The van der Waals surface area contributed by atoms with Crippen LogP contribution in [-0.4, -0.2) is 18.6 Å². The minimum atomic E-state index is 0.618. The van der Waals surface area contributed by atoms with Gasteiger partial charge in [0.2, 0.25) is 5.89 Å². The van der Waals surface area contributed by atoms with Crippen molar-refractivity contribution in [2.24, 2.45) is 5.92 Å². The SMILES string of the molecule is COc1cccc(-c2cnc(CNCC(C)C)o2)c1. The van der Waals surface area contributed by atoms with Crippen molar-refractivity contribution in [2.45, 2.75) is 20.4 Å². The highest BCUT2D eigenvalue weighted by molar-refractivity contribution is 5.58. The monoisotopic (exact) mass is 260 g/mol. The molecule has 4 nitrogen and oxygen atoms in total. The molecule has 0 atom stereocenters. The fraction of sp³-hybridized carbons (Fsp3) is 0.400. The lowest BCUT2D eigenvalue weighted by Gasteiger charge is -2.04.